The van der Waals surface area contributed by atoms with Gasteiger partial charge in [-0.1, -0.05) is 18.2 Å². The molecule has 27 heavy (non-hydrogen) atoms. The van der Waals surface area contributed by atoms with Crippen molar-refractivity contribution in [3.63, 3.8) is 0 Å². The molecule has 0 radical (unpaired) electrons. The highest BCUT2D eigenvalue weighted by Gasteiger charge is 2.20. The lowest BCUT2D eigenvalue weighted by Crippen LogP contribution is -2.16. The molecular weight excluding hydrogens is 342 g/mol. The number of methoxy groups -OCH3 is 2. The van der Waals surface area contributed by atoms with Gasteiger partial charge in [0.25, 0.3) is 0 Å². The zero-order valence-electron chi connectivity index (χ0n) is 16.2. The summed E-state index contributed by atoms with van der Waals surface area (Å²) in [7, 11) is 5.21. The van der Waals surface area contributed by atoms with Crippen LogP contribution in [-0.2, 0) is 9.53 Å². The lowest BCUT2D eigenvalue weighted by atomic mass is 9.92. The third-order valence-electron chi connectivity index (χ3n) is 4.71. The fourth-order valence-corrected chi connectivity index (χ4v) is 3.50. The highest BCUT2D eigenvalue weighted by Crippen LogP contribution is 2.40. The molecule has 5 nitrogen and oxygen atoms in total. The first-order chi connectivity index (χ1) is 13.1. The molecule has 1 N–H and O–H groups in total. The smallest absolute Gasteiger partial charge is 0.303 e. The minimum Gasteiger partial charge on any atom is -0.497 e. The Hall–Kier alpha value is -2.79. The number of fused-ring (bicyclic) bond motifs is 3. The lowest BCUT2D eigenvalue weighted by Gasteiger charge is -2.21. The molecule has 1 atom stereocenters. The van der Waals surface area contributed by atoms with Crippen molar-refractivity contribution in [3.05, 3.63) is 48.0 Å². The molecule has 5 heteroatoms. The van der Waals surface area contributed by atoms with Crippen LogP contribution in [0.5, 0.6) is 11.5 Å². The quantitative estimate of drug-likeness (QED) is 0.500. The normalized spacial score (nSPS) is 12.1. The van der Waals surface area contributed by atoms with Crippen LogP contribution >= 0.6 is 0 Å². The van der Waals surface area contributed by atoms with Gasteiger partial charge in [0.1, 0.15) is 17.6 Å². The molecule has 0 aliphatic rings. The van der Waals surface area contributed by atoms with E-state index in [0.29, 0.717) is 6.42 Å². The zero-order valence-corrected chi connectivity index (χ0v) is 16.2. The standard InChI is InChI=1S/C22H25NO4/c1-14(24)27-20(10-11-23-2)18-12-15-6-5-7-21(26-4)22(15)19-13-16(25-3)8-9-17(18)19/h5-9,12-13,20,23H,10-11H2,1-4H3/t20-/m0/s1. The van der Waals surface area contributed by atoms with Crippen molar-refractivity contribution in [3.8, 4) is 11.5 Å². The Labute approximate surface area is 159 Å². The van der Waals surface area contributed by atoms with Gasteiger partial charge in [-0.25, -0.2) is 0 Å². The second kappa shape index (κ2) is 8.27. The minimum atomic E-state index is -0.332. The Morgan fingerprint density at radius 1 is 1.07 bits per heavy atom. The third-order valence-corrected chi connectivity index (χ3v) is 4.71. The first-order valence-corrected chi connectivity index (χ1v) is 8.98. The van der Waals surface area contributed by atoms with Crippen LogP contribution in [0.1, 0.15) is 25.0 Å². The van der Waals surface area contributed by atoms with Crippen LogP contribution in [0.3, 0.4) is 0 Å². The van der Waals surface area contributed by atoms with Gasteiger partial charge in [-0.3, -0.25) is 4.79 Å². The van der Waals surface area contributed by atoms with E-state index < -0.39 is 0 Å². The second-order valence-corrected chi connectivity index (χ2v) is 6.43. The number of hydrogen-bond acceptors (Lipinski definition) is 5. The average Bonchev–Trinajstić information content (AvgIpc) is 2.69. The molecule has 142 valence electrons. The fraction of sp³-hybridized carbons (Fsp3) is 0.318. The van der Waals surface area contributed by atoms with Crippen molar-refractivity contribution < 1.29 is 19.0 Å². The third kappa shape index (κ3) is 3.83. The van der Waals surface area contributed by atoms with E-state index in [2.05, 4.69) is 11.4 Å². The number of esters is 1. The number of carbonyl (C=O) groups is 1. The molecule has 0 bridgehead atoms. The van der Waals surface area contributed by atoms with Crippen molar-refractivity contribution in [2.24, 2.45) is 0 Å². The SMILES string of the molecule is CNCC[C@H](OC(C)=O)c1cc2cccc(OC)c2c2cc(OC)ccc12. The van der Waals surface area contributed by atoms with E-state index in [9.17, 15) is 4.79 Å². The van der Waals surface area contributed by atoms with Gasteiger partial charge in [0.15, 0.2) is 0 Å². The molecule has 0 heterocycles. The monoisotopic (exact) mass is 367 g/mol. The Bertz CT molecular complexity index is 967. The van der Waals surface area contributed by atoms with Crippen LogP contribution in [0.15, 0.2) is 42.5 Å². The van der Waals surface area contributed by atoms with Gasteiger partial charge >= 0.3 is 5.97 Å². The number of ether oxygens (including phenoxy) is 3. The molecule has 3 rings (SSSR count). The van der Waals surface area contributed by atoms with Crippen molar-refractivity contribution in [2.45, 2.75) is 19.4 Å². The number of nitrogens with one attached hydrogen (secondary N) is 1. The molecule has 0 aliphatic heterocycles. The fourth-order valence-electron chi connectivity index (χ4n) is 3.50. The zero-order chi connectivity index (χ0) is 19.4. The summed E-state index contributed by atoms with van der Waals surface area (Å²) in [5.41, 5.74) is 0.985. The van der Waals surface area contributed by atoms with Gasteiger partial charge in [-0.2, -0.15) is 0 Å². The number of rotatable bonds is 7. The maximum atomic E-state index is 11.7. The molecule has 0 fully saturated rings. The van der Waals surface area contributed by atoms with Gasteiger partial charge in [0.05, 0.1) is 14.2 Å². The predicted molar refractivity (Wildman–Crippen MR) is 108 cm³/mol. The molecule has 0 amide bonds. The summed E-state index contributed by atoms with van der Waals surface area (Å²) in [6, 6.07) is 14.0. The molecule has 0 saturated carbocycles. The van der Waals surface area contributed by atoms with E-state index in [0.717, 1.165) is 45.2 Å². The molecular formula is C22H25NO4. The van der Waals surface area contributed by atoms with Gasteiger partial charge < -0.3 is 19.5 Å². The van der Waals surface area contributed by atoms with Gasteiger partial charge in [-0.15, -0.1) is 0 Å². The van der Waals surface area contributed by atoms with E-state index in [1.807, 2.05) is 43.4 Å². The van der Waals surface area contributed by atoms with E-state index in [-0.39, 0.29) is 12.1 Å². The topological polar surface area (TPSA) is 56.8 Å². The van der Waals surface area contributed by atoms with E-state index in [1.54, 1.807) is 14.2 Å². The van der Waals surface area contributed by atoms with Crippen LogP contribution in [0.2, 0.25) is 0 Å². The van der Waals surface area contributed by atoms with Crippen LogP contribution in [0.25, 0.3) is 21.5 Å². The van der Waals surface area contributed by atoms with Crippen molar-refractivity contribution in [1.82, 2.24) is 5.32 Å². The Balaban J connectivity index is 2.32. The first-order valence-electron chi connectivity index (χ1n) is 8.98. The van der Waals surface area contributed by atoms with Crippen molar-refractivity contribution in [2.75, 3.05) is 27.8 Å². The Morgan fingerprint density at radius 3 is 2.56 bits per heavy atom. The molecule has 0 unspecified atom stereocenters. The molecule has 3 aromatic carbocycles. The van der Waals surface area contributed by atoms with Gasteiger partial charge in [-0.05, 0) is 54.0 Å². The highest BCUT2D eigenvalue weighted by atomic mass is 16.5. The maximum absolute atomic E-state index is 11.7. The largest absolute Gasteiger partial charge is 0.497 e. The molecule has 0 saturated heterocycles. The summed E-state index contributed by atoms with van der Waals surface area (Å²) in [4.78, 5) is 11.7. The summed E-state index contributed by atoms with van der Waals surface area (Å²) in [6.45, 7) is 2.19. The van der Waals surface area contributed by atoms with Crippen LogP contribution in [-0.4, -0.2) is 33.8 Å². The summed E-state index contributed by atoms with van der Waals surface area (Å²) >= 11 is 0. The Kier molecular flexibility index (Phi) is 5.81. The average molecular weight is 367 g/mol. The number of hydrogen-bond donors (Lipinski definition) is 1. The van der Waals surface area contributed by atoms with Crippen LogP contribution in [0.4, 0.5) is 0 Å². The van der Waals surface area contributed by atoms with E-state index >= 15 is 0 Å². The van der Waals surface area contributed by atoms with Crippen molar-refractivity contribution >= 4 is 27.5 Å². The minimum absolute atomic E-state index is 0.288. The molecule has 0 spiro atoms. The maximum Gasteiger partial charge on any atom is 0.303 e. The van der Waals surface area contributed by atoms with Crippen molar-refractivity contribution in [1.29, 1.82) is 0 Å². The number of benzene rings is 3. The molecule has 0 aromatic heterocycles. The molecule has 3 aromatic rings. The summed E-state index contributed by atoms with van der Waals surface area (Å²) in [5, 5.41) is 7.22. The molecule has 0 aliphatic carbocycles. The Morgan fingerprint density at radius 2 is 1.89 bits per heavy atom. The predicted octanol–water partition coefficient (Wildman–Crippen LogP) is 4.22. The van der Waals surface area contributed by atoms with Crippen LogP contribution in [0, 0.1) is 0 Å². The first kappa shape index (κ1) is 19.0. The second-order valence-electron chi connectivity index (χ2n) is 6.43. The highest BCUT2D eigenvalue weighted by molar-refractivity contribution is 6.12. The van der Waals surface area contributed by atoms with Gasteiger partial charge in [0, 0.05) is 24.3 Å². The van der Waals surface area contributed by atoms with E-state index in [1.165, 1.54) is 6.92 Å². The summed E-state index contributed by atoms with van der Waals surface area (Å²) in [5.74, 6) is 1.28. The lowest BCUT2D eigenvalue weighted by molar-refractivity contribution is -0.146. The summed E-state index contributed by atoms with van der Waals surface area (Å²) < 4.78 is 16.7. The summed E-state index contributed by atoms with van der Waals surface area (Å²) in [6.07, 6.45) is 0.355. The van der Waals surface area contributed by atoms with E-state index in [4.69, 9.17) is 14.2 Å². The number of carbonyl (C=O) groups excluding carboxylic acids is 1. The van der Waals surface area contributed by atoms with Gasteiger partial charge in [0.2, 0.25) is 0 Å². The van der Waals surface area contributed by atoms with Crippen LogP contribution < -0.4 is 14.8 Å².